The summed E-state index contributed by atoms with van der Waals surface area (Å²) in [5, 5.41) is 0. The van der Waals surface area contributed by atoms with Gasteiger partial charge < -0.3 is 18.9 Å². The number of sulfonamides is 1. The summed E-state index contributed by atoms with van der Waals surface area (Å²) in [6.45, 7) is 2.04. The highest BCUT2D eigenvalue weighted by molar-refractivity contribution is 7.89. The molecule has 2 aromatic rings. The SMILES string of the molecule is CCS(=O)(=O)N1CCc2cc(OC)c(OC)cc2[C@@H]1c1ccc(OC)c(OC)c1. The predicted octanol–water partition coefficient (Wildman–Crippen LogP) is 3.02. The number of benzene rings is 2. The van der Waals surface area contributed by atoms with Crippen LogP contribution in [0.4, 0.5) is 0 Å². The fraction of sp³-hybridized carbons (Fsp3) is 0.429. The van der Waals surface area contributed by atoms with E-state index in [0.29, 0.717) is 36.0 Å². The van der Waals surface area contributed by atoms with Gasteiger partial charge in [0.25, 0.3) is 0 Å². The van der Waals surface area contributed by atoms with Gasteiger partial charge in [0.05, 0.1) is 40.2 Å². The van der Waals surface area contributed by atoms with Crippen LogP contribution in [0.15, 0.2) is 30.3 Å². The number of ether oxygens (including phenoxy) is 4. The minimum atomic E-state index is -3.44. The summed E-state index contributed by atoms with van der Waals surface area (Å²) >= 11 is 0. The predicted molar refractivity (Wildman–Crippen MR) is 111 cm³/mol. The molecule has 1 atom stereocenters. The average molecular weight is 422 g/mol. The number of fused-ring (bicyclic) bond motifs is 1. The summed E-state index contributed by atoms with van der Waals surface area (Å²) in [4.78, 5) is 0. The van der Waals surface area contributed by atoms with Gasteiger partial charge in [-0.05, 0) is 54.3 Å². The van der Waals surface area contributed by atoms with E-state index in [0.717, 1.165) is 16.7 Å². The highest BCUT2D eigenvalue weighted by Gasteiger charge is 2.37. The standard InChI is InChI=1S/C21H27NO6S/c1-6-29(23,24)22-10-9-14-11-19(27-4)20(28-5)13-16(14)21(22)15-7-8-17(25-2)18(12-15)26-3/h7-8,11-13,21H,6,9-10H2,1-5H3/t21-/m0/s1. The number of nitrogens with zero attached hydrogens (tertiary/aromatic N) is 1. The third-order valence-electron chi connectivity index (χ3n) is 5.27. The van der Waals surface area contributed by atoms with Gasteiger partial charge in [0.2, 0.25) is 10.0 Å². The summed E-state index contributed by atoms with van der Waals surface area (Å²) < 4.78 is 49.1. The van der Waals surface area contributed by atoms with Crippen molar-refractivity contribution >= 4 is 10.0 Å². The molecule has 0 radical (unpaired) electrons. The van der Waals surface area contributed by atoms with E-state index < -0.39 is 16.1 Å². The van der Waals surface area contributed by atoms with Gasteiger partial charge >= 0.3 is 0 Å². The molecule has 0 bridgehead atoms. The van der Waals surface area contributed by atoms with Crippen LogP contribution in [0.2, 0.25) is 0 Å². The van der Waals surface area contributed by atoms with E-state index >= 15 is 0 Å². The molecule has 0 unspecified atom stereocenters. The second kappa shape index (κ2) is 8.51. The zero-order valence-corrected chi connectivity index (χ0v) is 18.2. The Kier molecular flexibility index (Phi) is 6.24. The minimum absolute atomic E-state index is 0.0272. The quantitative estimate of drug-likeness (QED) is 0.684. The van der Waals surface area contributed by atoms with Crippen molar-refractivity contribution in [3.05, 3.63) is 47.0 Å². The first-order valence-corrected chi connectivity index (χ1v) is 11.0. The van der Waals surface area contributed by atoms with Gasteiger partial charge in [-0.1, -0.05) is 6.07 Å². The third kappa shape index (κ3) is 3.86. The summed E-state index contributed by atoms with van der Waals surface area (Å²) in [7, 11) is 2.84. The van der Waals surface area contributed by atoms with Crippen molar-refractivity contribution in [2.75, 3.05) is 40.7 Å². The van der Waals surface area contributed by atoms with Crippen molar-refractivity contribution in [2.45, 2.75) is 19.4 Å². The molecule has 158 valence electrons. The minimum Gasteiger partial charge on any atom is -0.493 e. The number of hydrogen-bond acceptors (Lipinski definition) is 6. The lowest BCUT2D eigenvalue weighted by Gasteiger charge is -2.37. The Hall–Kier alpha value is -2.45. The Labute approximate surface area is 172 Å². The number of methoxy groups -OCH3 is 4. The van der Waals surface area contributed by atoms with Crippen molar-refractivity contribution < 1.29 is 27.4 Å². The van der Waals surface area contributed by atoms with Crippen molar-refractivity contribution in [3.63, 3.8) is 0 Å². The van der Waals surface area contributed by atoms with Crippen LogP contribution in [0.3, 0.4) is 0 Å². The lowest BCUT2D eigenvalue weighted by Crippen LogP contribution is -2.41. The van der Waals surface area contributed by atoms with Crippen LogP contribution < -0.4 is 18.9 Å². The van der Waals surface area contributed by atoms with Gasteiger partial charge in [-0.15, -0.1) is 0 Å². The molecule has 0 amide bonds. The van der Waals surface area contributed by atoms with E-state index in [2.05, 4.69) is 0 Å². The maximum absolute atomic E-state index is 12.9. The second-order valence-electron chi connectivity index (χ2n) is 6.68. The maximum atomic E-state index is 12.9. The zero-order chi connectivity index (χ0) is 21.2. The lowest BCUT2D eigenvalue weighted by atomic mass is 9.89. The molecule has 3 rings (SSSR count). The molecule has 2 aromatic carbocycles. The fourth-order valence-electron chi connectivity index (χ4n) is 3.76. The van der Waals surface area contributed by atoms with E-state index in [9.17, 15) is 8.42 Å². The fourth-order valence-corrected chi connectivity index (χ4v) is 5.01. The Morgan fingerprint density at radius 1 is 0.897 bits per heavy atom. The van der Waals surface area contributed by atoms with Gasteiger partial charge in [0.1, 0.15) is 0 Å². The molecule has 0 fully saturated rings. The molecule has 0 saturated heterocycles. The second-order valence-corrected chi connectivity index (χ2v) is 8.89. The van der Waals surface area contributed by atoms with E-state index in [1.165, 1.54) is 0 Å². The molecule has 1 aliphatic rings. The van der Waals surface area contributed by atoms with Gasteiger partial charge in [-0.2, -0.15) is 4.31 Å². The summed E-state index contributed by atoms with van der Waals surface area (Å²) in [6, 6.07) is 8.79. The zero-order valence-electron chi connectivity index (χ0n) is 17.4. The lowest BCUT2D eigenvalue weighted by molar-refractivity contribution is 0.329. The van der Waals surface area contributed by atoms with Gasteiger partial charge in [0.15, 0.2) is 23.0 Å². The Morgan fingerprint density at radius 3 is 2.07 bits per heavy atom. The molecule has 0 aliphatic carbocycles. The molecular weight excluding hydrogens is 394 g/mol. The van der Waals surface area contributed by atoms with Crippen LogP contribution in [0.1, 0.15) is 29.7 Å². The van der Waals surface area contributed by atoms with Crippen molar-refractivity contribution in [1.29, 1.82) is 0 Å². The summed E-state index contributed by atoms with van der Waals surface area (Å²) in [5.41, 5.74) is 2.70. The molecule has 0 spiro atoms. The van der Waals surface area contributed by atoms with Gasteiger partial charge in [-0.3, -0.25) is 0 Å². The molecule has 7 nitrogen and oxygen atoms in total. The molecule has 29 heavy (non-hydrogen) atoms. The summed E-state index contributed by atoms with van der Waals surface area (Å²) in [5.74, 6) is 2.35. The Balaban J connectivity index is 2.24. The van der Waals surface area contributed by atoms with Crippen molar-refractivity contribution in [1.82, 2.24) is 4.31 Å². The molecule has 0 saturated carbocycles. The summed E-state index contributed by atoms with van der Waals surface area (Å²) in [6.07, 6.45) is 0.596. The van der Waals surface area contributed by atoms with Crippen molar-refractivity contribution in [3.8, 4) is 23.0 Å². The van der Waals surface area contributed by atoms with E-state index in [4.69, 9.17) is 18.9 Å². The van der Waals surface area contributed by atoms with Gasteiger partial charge in [0, 0.05) is 6.54 Å². The van der Waals surface area contributed by atoms with Crippen LogP contribution in [0.25, 0.3) is 0 Å². The largest absolute Gasteiger partial charge is 0.493 e. The average Bonchev–Trinajstić information content (AvgIpc) is 2.76. The van der Waals surface area contributed by atoms with Crippen LogP contribution >= 0.6 is 0 Å². The third-order valence-corrected chi connectivity index (χ3v) is 7.11. The molecule has 0 N–H and O–H groups in total. The topological polar surface area (TPSA) is 74.3 Å². The van der Waals surface area contributed by atoms with Crippen LogP contribution in [0.5, 0.6) is 23.0 Å². The van der Waals surface area contributed by atoms with Crippen molar-refractivity contribution in [2.24, 2.45) is 0 Å². The monoisotopic (exact) mass is 421 g/mol. The highest BCUT2D eigenvalue weighted by Crippen LogP contribution is 2.43. The van der Waals surface area contributed by atoms with E-state index in [-0.39, 0.29) is 5.75 Å². The number of hydrogen-bond donors (Lipinski definition) is 0. The number of rotatable bonds is 7. The smallest absolute Gasteiger partial charge is 0.214 e. The maximum Gasteiger partial charge on any atom is 0.214 e. The highest BCUT2D eigenvalue weighted by atomic mass is 32.2. The first kappa shape index (κ1) is 21.3. The molecule has 1 aliphatic heterocycles. The van der Waals surface area contributed by atoms with Crippen LogP contribution in [0, 0.1) is 0 Å². The normalized spacial score (nSPS) is 16.8. The Morgan fingerprint density at radius 2 is 1.48 bits per heavy atom. The van der Waals surface area contributed by atoms with E-state index in [1.807, 2.05) is 24.3 Å². The van der Waals surface area contributed by atoms with E-state index in [1.54, 1.807) is 45.7 Å². The van der Waals surface area contributed by atoms with Crippen LogP contribution in [-0.4, -0.2) is 53.5 Å². The van der Waals surface area contributed by atoms with Crippen LogP contribution in [-0.2, 0) is 16.4 Å². The first-order valence-electron chi connectivity index (χ1n) is 9.36. The molecular formula is C21H27NO6S. The molecule has 0 aromatic heterocycles. The first-order chi connectivity index (χ1) is 13.9. The Bertz CT molecular complexity index is 989. The molecule has 1 heterocycles. The molecule has 8 heteroatoms. The van der Waals surface area contributed by atoms with Gasteiger partial charge in [-0.25, -0.2) is 8.42 Å².